The van der Waals surface area contributed by atoms with Gasteiger partial charge in [0.25, 0.3) is 5.91 Å². The third kappa shape index (κ3) is 3.29. The highest BCUT2D eigenvalue weighted by Crippen LogP contribution is 1.94. The number of carbonyl (C=O) groups excluding carboxylic acids is 1. The molecule has 0 aliphatic rings. The van der Waals surface area contributed by atoms with Gasteiger partial charge in [-0.25, -0.2) is 0 Å². The minimum atomic E-state index is -0.0249. The van der Waals surface area contributed by atoms with Crippen LogP contribution in [0.15, 0.2) is 18.5 Å². The van der Waals surface area contributed by atoms with E-state index in [4.69, 9.17) is 0 Å². The maximum atomic E-state index is 11.3. The average Bonchev–Trinajstić information content (AvgIpc) is 2.55. The number of nitrogens with one attached hydrogen (secondary N) is 2. The van der Waals surface area contributed by atoms with Gasteiger partial charge < -0.3 is 15.2 Å². The Morgan fingerprint density at radius 3 is 2.92 bits per heavy atom. The molecule has 0 radical (unpaired) electrons. The number of likely N-dealkylation sites (N-methyl/N-ethyl adjacent to an activating group) is 1. The van der Waals surface area contributed by atoms with Crippen LogP contribution in [0, 0.1) is 0 Å². The van der Waals surface area contributed by atoms with E-state index in [1.807, 2.05) is 19.0 Å². The van der Waals surface area contributed by atoms with Gasteiger partial charge in [0.1, 0.15) is 0 Å². The van der Waals surface area contributed by atoms with E-state index in [-0.39, 0.29) is 5.91 Å². The van der Waals surface area contributed by atoms with Gasteiger partial charge in [-0.1, -0.05) is 0 Å². The van der Waals surface area contributed by atoms with E-state index in [1.54, 1.807) is 18.5 Å². The van der Waals surface area contributed by atoms with Crippen LogP contribution >= 0.6 is 0 Å². The van der Waals surface area contributed by atoms with E-state index >= 15 is 0 Å². The van der Waals surface area contributed by atoms with Crippen molar-refractivity contribution < 1.29 is 4.79 Å². The number of carbonyl (C=O) groups is 1. The molecule has 1 rings (SSSR count). The summed E-state index contributed by atoms with van der Waals surface area (Å²) in [6.07, 6.45) is 3.42. The fraction of sp³-hybridized carbons (Fsp3) is 0.444. The quantitative estimate of drug-likeness (QED) is 0.702. The molecule has 0 saturated heterocycles. The fourth-order valence-corrected chi connectivity index (χ4v) is 0.960. The summed E-state index contributed by atoms with van der Waals surface area (Å²) in [5.74, 6) is -0.0249. The number of aromatic amines is 1. The SMILES string of the molecule is CN(C)CCNC(=O)c1cc[nH]c1. The molecule has 0 spiro atoms. The van der Waals surface area contributed by atoms with Crippen LogP contribution in [0.2, 0.25) is 0 Å². The second-order valence-corrected chi connectivity index (χ2v) is 3.16. The molecule has 0 atom stereocenters. The Hall–Kier alpha value is -1.29. The Balaban J connectivity index is 2.27. The zero-order valence-corrected chi connectivity index (χ0v) is 8.00. The molecular weight excluding hydrogens is 166 g/mol. The lowest BCUT2D eigenvalue weighted by molar-refractivity contribution is 0.0951. The van der Waals surface area contributed by atoms with Crippen LogP contribution in [0.1, 0.15) is 10.4 Å². The maximum Gasteiger partial charge on any atom is 0.252 e. The summed E-state index contributed by atoms with van der Waals surface area (Å²) in [5, 5.41) is 2.82. The van der Waals surface area contributed by atoms with Crippen molar-refractivity contribution in [2.45, 2.75) is 0 Å². The minimum Gasteiger partial charge on any atom is -0.367 e. The van der Waals surface area contributed by atoms with E-state index < -0.39 is 0 Å². The van der Waals surface area contributed by atoms with Crippen molar-refractivity contribution in [2.24, 2.45) is 0 Å². The molecule has 0 saturated carbocycles. The maximum absolute atomic E-state index is 11.3. The number of aromatic nitrogens is 1. The summed E-state index contributed by atoms with van der Waals surface area (Å²) in [5.41, 5.74) is 0.679. The number of hydrogen-bond acceptors (Lipinski definition) is 2. The lowest BCUT2D eigenvalue weighted by Crippen LogP contribution is -2.31. The first-order valence-corrected chi connectivity index (χ1v) is 4.26. The molecule has 2 N–H and O–H groups in total. The highest BCUT2D eigenvalue weighted by atomic mass is 16.1. The van der Waals surface area contributed by atoms with E-state index in [9.17, 15) is 4.79 Å². The monoisotopic (exact) mass is 181 g/mol. The molecule has 1 aromatic rings. The minimum absolute atomic E-state index is 0.0249. The summed E-state index contributed by atoms with van der Waals surface area (Å²) in [6, 6.07) is 1.75. The van der Waals surface area contributed by atoms with Gasteiger partial charge in [0.05, 0.1) is 5.56 Å². The van der Waals surface area contributed by atoms with Crippen LogP contribution in [-0.4, -0.2) is 43.0 Å². The van der Waals surface area contributed by atoms with Gasteiger partial charge in [0.2, 0.25) is 0 Å². The van der Waals surface area contributed by atoms with Crippen molar-refractivity contribution in [3.8, 4) is 0 Å². The Labute approximate surface area is 77.9 Å². The third-order valence-electron chi connectivity index (χ3n) is 1.70. The molecule has 4 heteroatoms. The van der Waals surface area contributed by atoms with Crippen molar-refractivity contribution in [3.63, 3.8) is 0 Å². The van der Waals surface area contributed by atoms with Gasteiger partial charge in [-0.15, -0.1) is 0 Å². The van der Waals surface area contributed by atoms with Crippen LogP contribution in [-0.2, 0) is 0 Å². The zero-order chi connectivity index (χ0) is 9.68. The summed E-state index contributed by atoms with van der Waals surface area (Å²) >= 11 is 0. The van der Waals surface area contributed by atoms with Crippen molar-refractivity contribution >= 4 is 5.91 Å². The van der Waals surface area contributed by atoms with Crippen LogP contribution in [0.25, 0.3) is 0 Å². The first kappa shape index (κ1) is 9.80. The summed E-state index contributed by atoms with van der Waals surface area (Å²) in [4.78, 5) is 16.2. The Morgan fingerprint density at radius 1 is 1.62 bits per heavy atom. The lowest BCUT2D eigenvalue weighted by Gasteiger charge is -2.09. The van der Waals surface area contributed by atoms with Crippen molar-refractivity contribution in [1.29, 1.82) is 0 Å². The predicted molar refractivity (Wildman–Crippen MR) is 51.7 cm³/mol. The van der Waals surface area contributed by atoms with Gasteiger partial charge in [-0.3, -0.25) is 4.79 Å². The van der Waals surface area contributed by atoms with Gasteiger partial charge in [-0.05, 0) is 20.2 Å². The van der Waals surface area contributed by atoms with Gasteiger partial charge in [0, 0.05) is 25.5 Å². The average molecular weight is 181 g/mol. The van der Waals surface area contributed by atoms with E-state index in [2.05, 4.69) is 10.3 Å². The predicted octanol–water partition coefficient (Wildman–Crippen LogP) is 0.306. The topological polar surface area (TPSA) is 48.1 Å². The number of hydrogen-bond donors (Lipinski definition) is 2. The molecule has 0 aromatic carbocycles. The van der Waals surface area contributed by atoms with Crippen molar-refractivity contribution in [2.75, 3.05) is 27.2 Å². The first-order chi connectivity index (χ1) is 6.20. The molecule has 0 unspecified atom stereocenters. The normalized spacial score (nSPS) is 10.4. The molecule has 13 heavy (non-hydrogen) atoms. The first-order valence-electron chi connectivity index (χ1n) is 4.26. The molecule has 1 aromatic heterocycles. The zero-order valence-electron chi connectivity index (χ0n) is 8.00. The summed E-state index contributed by atoms with van der Waals surface area (Å²) in [7, 11) is 3.95. The molecular formula is C9H15N3O. The molecule has 0 aliphatic heterocycles. The number of rotatable bonds is 4. The number of nitrogens with zero attached hydrogens (tertiary/aromatic N) is 1. The Kier molecular flexibility index (Phi) is 3.52. The Bertz CT molecular complexity index is 254. The number of H-pyrrole nitrogens is 1. The molecule has 1 amide bonds. The number of amides is 1. The summed E-state index contributed by atoms with van der Waals surface area (Å²) in [6.45, 7) is 1.53. The molecule has 4 nitrogen and oxygen atoms in total. The lowest BCUT2D eigenvalue weighted by atomic mass is 10.3. The summed E-state index contributed by atoms with van der Waals surface area (Å²) < 4.78 is 0. The second-order valence-electron chi connectivity index (χ2n) is 3.16. The molecule has 0 aliphatic carbocycles. The van der Waals surface area contributed by atoms with Crippen LogP contribution in [0.4, 0.5) is 0 Å². The van der Waals surface area contributed by atoms with Crippen LogP contribution < -0.4 is 5.32 Å². The van der Waals surface area contributed by atoms with Gasteiger partial charge >= 0.3 is 0 Å². The molecule has 0 bridgehead atoms. The highest BCUT2D eigenvalue weighted by molar-refractivity contribution is 5.93. The van der Waals surface area contributed by atoms with E-state index in [1.165, 1.54) is 0 Å². The highest BCUT2D eigenvalue weighted by Gasteiger charge is 2.03. The van der Waals surface area contributed by atoms with E-state index in [0.717, 1.165) is 6.54 Å². The molecule has 72 valence electrons. The van der Waals surface area contributed by atoms with Crippen LogP contribution in [0.5, 0.6) is 0 Å². The Morgan fingerprint density at radius 2 is 2.38 bits per heavy atom. The standard InChI is InChI=1S/C9H15N3O/c1-12(2)6-5-11-9(13)8-3-4-10-7-8/h3-4,7,10H,5-6H2,1-2H3,(H,11,13). The van der Waals surface area contributed by atoms with E-state index in [0.29, 0.717) is 12.1 Å². The largest absolute Gasteiger partial charge is 0.367 e. The second kappa shape index (κ2) is 4.67. The smallest absolute Gasteiger partial charge is 0.252 e. The molecule has 0 fully saturated rings. The fourth-order valence-electron chi connectivity index (χ4n) is 0.960. The van der Waals surface area contributed by atoms with Gasteiger partial charge in [0.15, 0.2) is 0 Å². The van der Waals surface area contributed by atoms with Crippen LogP contribution in [0.3, 0.4) is 0 Å². The molecule has 1 heterocycles. The van der Waals surface area contributed by atoms with Crippen molar-refractivity contribution in [3.05, 3.63) is 24.0 Å². The van der Waals surface area contributed by atoms with Gasteiger partial charge in [-0.2, -0.15) is 0 Å². The van der Waals surface area contributed by atoms with Crippen molar-refractivity contribution in [1.82, 2.24) is 15.2 Å². The third-order valence-corrected chi connectivity index (χ3v) is 1.70.